The summed E-state index contributed by atoms with van der Waals surface area (Å²) in [7, 11) is 0. The average molecular weight is 758 g/mol. The zero-order valence-electron chi connectivity index (χ0n) is 32.8. The zero-order chi connectivity index (χ0) is 39.5. The van der Waals surface area contributed by atoms with Crippen LogP contribution >= 0.6 is 0 Å². The van der Waals surface area contributed by atoms with Crippen LogP contribution in [0.15, 0.2) is 200 Å². The molecular formula is C54H39N5. The van der Waals surface area contributed by atoms with Gasteiger partial charge in [-0.15, -0.1) is 0 Å². The third-order valence-electron chi connectivity index (χ3n) is 11.8. The van der Waals surface area contributed by atoms with Crippen LogP contribution in [0.5, 0.6) is 0 Å². The molecule has 0 spiro atoms. The van der Waals surface area contributed by atoms with E-state index in [2.05, 4.69) is 163 Å². The van der Waals surface area contributed by atoms with E-state index in [0.29, 0.717) is 17.6 Å². The molecule has 0 N–H and O–H groups in total. The lowest BCUT2D eigenvalue weighted by Gasteiger charge is -2.28. The number of benzene rings is 8. The molecular weight excluding hydrogens is 719 g/mol. The minimum atomic E-state index is -0.207. The summed E-state index contributed by atoms with van der Waals surface area (Å²) in [5, 5.41) is 2.30. The second kappa shape index (κ2) is 13.8. The second-order valence-electron chi connectivity index (χ2n) is 15.7. The van der Waals surface area contributed by atoms with Crippen molar-refractivity contribution in [3.05, 3.63) is 211 Å². The van der Waals surface area contributed by atoms with Gasteiger partial charge in [-0.25, -0.2) is 4.98 Å². The largest absolute Gasteiger partial charge is 0.310 e. The van der Waals surface area contributed by atoms with Crippen molar-refractivity contribution in [2.45, 2.75) is 19.3 Å². The minimum absolute atomic E-state index is 0.207. The molecule has 8 aromatic carbocycles. The fraction of sp³-hybridized carbons (Fsp3) is 0.0556. The van der Waals surface area contributed by atoms with Gasteiger partial charge in [0.2, 0.25) is 5.95 Å². The van der Waals surface area contributed by atoms with Gasteiger partial charge in [-0.3, -0.25) is 4.57 Å². The fourth-order valence-corrected chi connectivity index (χ4v) is 8.91. The van der Waals surface area contributed by atoms with Crippen LogP contribution in [0, 0.1) is 0 Å². The predicted octanol–water partition coefficient (Wildman–Crippen LogP) is 13.7. The monoisotopic (exact) mass is 757 g/mol. The van der Waals surface area contributed by atoms with Gasteiger partial charge in [0.25, 0.3) is 0 Å². The number of anilines is 3. The first-order valence-corrected chi connectivity index (χ1v) is 20.1. The van der Waals surface area contributed by atoms with Gasteiger partial charge >= 0.3 is 0 Å². The quantitative estimate of drug-likeness (QED) is 0.162. The Morgan fingerprint density at radius 1 is 0.390 bits per heavy atom. The van der Waals surface area contributed by atoms with E-state index in [1.54, 1.807) is 0 Å². The average Bonchev–Trinajstić information content (AvgIpc) is 3.75. The predicted molar refractivity (Wildman–Crippen MR) is 243 cm³/mol. The molecule has 5 heteroatoms. The van der Waals surface area contributed by atoms with Gasteiger partial charge in [-0.1, -0.05) is 153 Å². The number of hydrogen-bond acceptors (Lipinski definition) is 4. The van der Waals surface area contributed by atoms with Gasteiger partial charge in [0.1, 0.15) is 0 Å². The van der Waals surface area contributed by atoms with Crippen molar-refractivity contribution in [1.82, 2.24) is 19.5 Å². The number of hydrogen-bond donors (Lipinski definition) is 0. The number of rotatable bonds is 7. The summed E-state index contributed by atoms with van der Waals surface area (Å²) in [6, 6.07) is 70.8. The molecule has 59 heavy (non-hydrogen) atoms. The first-order valence-electron chi connectivity index (χ1n) is 20.1. The Hall–Kier alpha value is -7.63. The molecule has 0 bridgehead atoms. The lowest BCUT2D eigenvalue weighted by Crippen LogP contribution is -2.16. The normalized spacial score (nSPS) is 12.7. The van der Waals surface area contributed by atoms with E-state index < -0.39 is 0 Å². The van der Waals surface area contributed by atoms with E-state index in [-0.39, 0.29) is 5.41 Å². The van der Waals surface area contributed by atoms with Crippen molar-refractivity contribution in [1.29, 1.82) is 0 Å². The van der Waals surface area contributed by atoms with Gasteiger partial charge in [0, 0.05) is 44.4 Å². The smallest absolute Gasteiger partial charge is 0.238 e. The second-order valence-corrected chi connectivity index (χ2v) is 15.7. The van der Waals surface area contributed by atoms with Gasteiger partial charge in [0.05, 0.1) is 11.0 Å². The molecule has 0 radical (unpaired) electrons. The van der Waals surface area contributed by atoms with Crippen LogP contribution in [0.3, 0.4) is 0 Å². The summed E-state index contributed by atoms with van der Waals surface area (Å²) >= 11 is 0. The maximum absolute atomic E-state index is 5.12. The first-order chi connectivity index (χ1) is 29.0. The van der Waals surface area contributed by atoms with Crippen LogP contribution in [0.25, 0.3) is 72.8 Å². The fourth-order valence-electron chi connectivity index (χ4n) is 8.91. The summed E-state index contributed by atoms with van der Waals surface area (Å²) in [4.78, 5) is 17.5. The number of aromatic nitrogens is 4. The van der Waals surface area contributed by atoms with E-state index in [9.17, 15) is 0 Å². The summed E-state index contributed by atoms with van der Waals surface area (Å²) in [6.45, 7) is 4.72. The molecule has 2 aromatic heterocycles. The highest BCUT2D eigenvalue weighted by Crippen LogP contribution is 2.52. The van der Waals surface area contributed by atoms with Crippen LogP contribution in [0.1, 0.15) is 25.0 Å². The molecule has 0 saturated carbocycles. The number of fused-ring (bicyclic) bond motifs is 6. The number of para-hydroxylation sites is 3. The first kappa shape index (κ1) is 34.6. The van der Waals surface area contributed by atoms with Crippen molar-refractivity contribution in [2.75, 3.05) is 4.90 Å². The molecule has 0 saturated heterocycles. The third-order valence-corrected chi connectivity index (χ3v) is 11.8. The Balaban J connectivity index is 1.01. The third kappa shape index (κ3) is 5.81. The topological polar surface area (TPSA) is 46.8 Å². The Morgan fingerprint density at radius 3 is 1.51 bits per heavy atom. The highest BCUT2D eigenvalue weighted by atomic mass is 15.2. The van der Waals surface area contributed by atoms with Gasteiger partial charge in [-0.2, -0.15) is 9.97 Å². The molecule has 11 rings (SSSR count). The van der Waals surface area contributed by atoms with E-state index in [4.69, 9.17) is 15.0 Å². The van der Waals surface area contributed by atoms with Crippen LogP contribution in [0.4, 0.5) is 17.1 Å². The van der Waals surface area contributed by atoms with Crippen molar-refractivity contribution in [2.24, 2.45) is 0 Å². The Labute approximate surface area is 343 Å². The van der Waals surface area contributed by atoms with Crippen molar-refractivity contribution in [3.63, 3.8) is 0 Å². The van der Waals surface area contributed by atoms with Gasteiger partial charge in [0.15, 0.2) is 11.6 Å². The minimum Gasteiger partial charge on any atom is -0.310 e. The maximum atomic E-state index is 5.12. The zero-order valence-corrected chi connectivity index (χ0v) is 32.8. The van der Waals surface area contributed by atoms with Crippen LogP contribution in [-0.2, 0) is 5.41 Å². The SMILES string of the molecule is CC1(C)c2cc(-c3ccc4c(c3)c3ccccc3n4-c3nc(-c4ccccc4)nc(-c4ccccc4)n3)ccc2-c2ccc(N(c3ccccc3)c3ccccc3)cc21. The molecule has 1 aliphatic carbocycles. The molecule has 10 aromatic rings. The van der Waals surface area contributed by atoms with E-state index in [0.717, 1.165) is 50.0 Å². The van der Waals surface area contributed by atoms with Crippen molar-refractivity contribution < 1.29 is 0 Å². The molecule has 0 unspecified atom stereocenters. The van der Waals surface area contributed by atoms with Crippen LogP contribution < -0.4 is 4.90 Å². The Kier molecular flexibility index (Phi) is 8.09. The number of nitrogens with zero attached hydrogens (tertiary/aromatic N) is 5. The highest BCUT2D eigenvalue weighted by Gasteiger charge is 2.36. The van der Waals surface area contributed by atoms with Gasteiger partial charge < -0.3 is 4.90 Å². The highest BCUT2D eigenvalue weighted by molar-refractivity contribution is 6.10. The molecule has 1 aliphatic rings. The molecule has 280 valence electrons. The Morgan fingerprint density at radius 2 is 0.881 bits per heavy atom. The summed E-state index contributed by atoms with van der Waals surface area (Å²) in [5.41, 5.74) is 14.8. The maximum Gasteiger partial charge on any atom is 0.238 e. The van der Waals surface area contributed by atoms with Gasteiger partial charge in [-0.05, 0) is 94.0 Å². The van der Waals surface area contributed by atoms with E-state index in [1.165, 1.54) is 33.4 Å². The van der Waals surface area contributed by atoms with Crippen molar-refractivity contribution >= 4 is 38.9 Å². The lowest BCUT2D eigenvalue weighted by atomic mass is 9.81. The van der Waals surface area contributed by atoms with Crippen molar-refractivity contribution in [3.8, 4) is 51.0 Å². The standard InChI is InChI=1S/C54H39N5/c1-54(2)47-34-39(27-30-43(47)44-31-29-42(35-48(44)54)58(40-21-11-5-12-22-40)41-23-13-6-14-24-41)38-28-32-50-46(33-38)45-25-15-16-26-49(45)59(50)53-56-51(36-17-7-3-8-18-36)55-52(57-53)37-19-9-4-10-20-37/h3-35H,1-2H3. The van der Waals surface area contributed by atoms with E-state index in [1.807, 2.05) is 60.7 Å². The summed E-state index contributed by atoms with van der Waals surface area (Å²) in [5.74, 6) is 1.86. The summed E-state index contributed by atoms with van der Waals surface area (Å²) < 4.78 is 2.18. The molecule has 0 aliphatic heterocycles. The lowest BCUT2D eigenvalue weighted by molar-refractivity contribution is 0.660. The molecule has 2 heterocycles. The van der Waals surface area contributed by atoms with Crippen LogP contribution in [-0.4, -0.2) is 19.5 Å². The Bertz CT molecular complexity index is 3080. The summed E-state index contributed by atoms with van der Waals surface area (Å²) in [6.07, 6.45) is 0. The van der Waals surface area contributed by atoms with Crippen LogP contribution in [0.2, 0.25) is 0 Å². The molecule has 5 nitrogen and oxygen atoms in total. The van der Waals surface area contributed by atoms with E-state index >= 15 is 0 Å². The molecule has 0 atom stereocenters. The molecule has 0 fully saturated rings. The molecule has 0 amide bonds.